The molecule has 0 amide bonds. The molecule has 0 saturated heterocycles. The van der Waals surface area contributed by atoms with E-state index in [0.717, 1.165) is 11.1 Å². The van der Waals surface area contributed by atoms with E-state index < -0.39 is 12.8 Å². The van der Waals surface area contributed by atoms with Gasteiger partial charge in [0, 0.05) is 32.8 Å². The first kappa shape index (κ1) is 25.6. The van der Waals surface area contributed by atoms with Crippen LogP contribution in [0.2, 0.25) is 5.02 Å². The maximum Gasteiger partial charge on any atom is 0.180 e. The Morgan fingerprint density at radius 3 is 2.36 bits per heavy atom. The van der Waals surface area contributed by atoms with E-state index in [4.69, 9.17) is 21.8 Å². The van der Waals surface area contributed by atoms with Crippen LogP contribution in [0.3, 0.4) is 0 Å². The number of ether oxygens (including phenoxy) is 1. The molecule has 0 aliphatic heterocycles. The van der Waals surface area contributed by atoms with Crippen molar-refractivity contribution >= 4 is 65.8 Å². The van der Waals surface area contributed by atoms with E-state index in [1.807, 2.05) is 60.7 Å². The van der Waals surface area contributed by atoms with Gasteiger partial charge in [0.1, 0.15) is 25.1 Å². The number of carbonyl (C=O) groups is 1. The monoisotopic (exact) mass is 668 g/mol. The fourth-order valence-electron chi connectivity index (χ4n) is 3.40. The fraction of sp³-hybridized carbons (Fsp3) is 0.0741. The van der Waals surface area contributed by atoms with Crippen LogP contribution >= 0.6 is 52.5 Å². The molecule has 4 aromatic carbocycles. The van der Waals surface area contributed by atoms with Crippen molar-refractivity contribution in [3.8, 4) is 17.2 Å². The third kappa shape index (κ3) is 7.26. The summed E-state index contributed by atoms with van der Waals surface area (Å²) in [6.07, 6.45) is 0. The highest BCUT2D eigenvalue weighted by Gasteiger charge is 2.26. The molecule has 0 spiro atoms. The minimum atomic E-state index is -0.634. The summed E-state index contributed by atoms with van der Waals surface area (Å²) < 4.78 is 19.0. The molecule has 2 unspecified atom stereocenters. The number of ketones is 1. The number of carbonyl (C=O) groups excluding carboxylic acids is 1. The number of thioether (sulfide) groups is 1. The highest BCUT2D eigenvalue weighted by Crippen LogP contribution is 2.46. The van der Waals surface area contributed by atoms with Crippen LogP contribution in [-0.2, 0) is 14.1 Å². The smallest absolute Gasteiger partial charge is 0.180 e. The summed E-state index contributed by atoms with van der Waals surface area (Å²) >= 11 is 9.63. The van der Waals surface area contributed by atoms with Crippen molar-refractivity contribution in [1.29, 1.82) is 1.28 Å². The van der Waals surface area contributed by atoms with Crippen LogP contribution < -0.4 is 8.92 Å². The zero-order valence-corrected chi connectivity index (χ0v) is 24.2. The molecule has 9 heteroatoms. The van der Waals surface area contributed by atoms with Crippen LogP contribution in [0.1, 0.15) is 26.7 Å². The first-order valence-electron chi connectivity index (χ1n) is 11.2. The average molecular weight is 669 g/mol. The summed E-state index contributed by atoms with van der Waals surface area (Å²) in [5, 5.41) is 10.3. The number of phenols is 1. The van der Waals surface area contributed by atoms with Crippen LogP contribution in [0.4, 0.5) is 0 Å². The molecule has 0 fully saturated rings. The summed E-state index contributed by atoms with van der Waals surface area (Å²) in [4.78, 5) is 14.1. The molecule has 0 aliphatic rings. The molecule has 4 rings (SSSR count). The summed E-state index contributed by atoms with van der Waals surface area (Å²) in [7, 11) is -0.168. The Hall–Kier alpha value is -2.03. The van der Waals surface area contributed by atoms with Gasteiger partial charge in [-0.15, -0.1) is 11.8 Å². The van der Waals surface area contributed by atoms with Crippen molar-refractivity contribution in [3.63, 3.8) is 0 Å². The average Bonchev–Trinajstić information content (AvgIpc) is 2.94. The molecule has 36 heavy (non-hydrogen) atoms. The van der Waals surface area contributed by atoms with Gasteiger partial charge in [0.2, 0.25) is 0 Å². The second-order valence-corrected chi connectivity index (χ2v) is 15.2. The first-order valence-corrected chi connectivity index (χ1v) is 16.7. The van der Waals surface area contributed by atoms with Gasteiger partial charge in [-0.2, -0.15) is 0 Å². The highest BCUT2D eigenvalue weighted by molar-refractivity contribution is 14.2. The van der Waals surface area contributed by atoms with Gasteiger partial charge in [0.15, 0.2) is 5.78 Å². The van der Waals surface area contributed by atoms with Gasteiger partial charge >= 0.3 is 0 Å². The number of rotatable bonds is 10. The largest absolute Gasteiger partial charge is 0.505 e. The maximum absolute atomic E-state index is 13.7. The van der Waals surface area contributed by atoms with Crippen molar-refractivity contribution in [2.45, 2.75) is 16.8 Å². The molecule has 0 heterocycles. The van der Waals surface area contributed by atoms with Crippen LogP contribution in [0.25, 0.3) is 0 Å². The van der Waals surface area contributed by atoms with Gasteiger partial charge in [-0.25, -0.2) is 0 Å². The van der Waals surface area contributed by atoms with E-state index >= 15 is 0 Å². The lowest BCUT2D eigenvalue weighted by Crippen LogP contribution is -2.10. The molecule has 1 N–H and O–H groups in total. The van der Waals surface area contributed by atoms with E-state index in [2.05, 4.69) is 21.2 Å². The molecular formula is C27H21ClIO4PS2. The Kier molecular flexibility index (Phi) is 9.23. The minimum Gasteiger partial charge on any atom is -0.505 e. The van der Waals surface area contributed by atoms with Crippen LogP contribution in [0.15, 0.2) is 102 Å². The van der Waals surface area contributed by atoms with Gasteiger partial charge in [0.25, 0.3) is 0 Å². The molecule has 0 bridgehead atoms. The lowest BCUT2D eigenvalue weighted by atomic mass is 10.0. The highest BCUT2D eigenvalue weighted by atomic mass is 127. The summed E-state index contributed by atoms with van der Waals surface area (Å²) in [5.41, 5.74) is 2.31. The topological polar surface area (TPSA) is 55.8 Å². The molecular weight excluding hydrogens is 646 g/mol. The van der Waals surface area contributed by atoms with E-state index in [-0.39, 0.29) is 16.6 Å². The number of benzene rings is 4. The maximum atomic E-state index is 13.7. The molecule has 0 aromatic heterocycles. The van der Waals surface area contributed by atoms with Crippen molar-refractivity contribution in [2.75, 3.05) is 0 Å². The second kappa shape index (κ2) is 13.0. The number of halogens is 2. The first-order chi connectivity index (χ1) is 17.9. The zero-order valence-electron chi connectivity index (χ0n) is 19.7. The molecule has 4 nitrogen and oxygen atoms in total. The Morgan fingerprint density at radius 2 is 1.69 bits per heavy atom. The Bertz CT molecular complexity index is 1390. The molecule has 184 valence electrons. The number of Topliss-reactive ketones (excluding diaryl/α,β-unsaturated/α-hetero) is 1. The van der Waals surface area contributed by atoms with E-state index in [0.29, 0.717) is 36.5 Å². The number of phenolic OH excluding ortho intramolecular Hbond substituents is 1. The van der Waals surface area contributed by atoms with E-state index in [1.54, 1.807) is 36.4 Å². The van der Waals surface area contributed by atoms with E-state index in [1.165, 1.54) is 11.8 Å². The van der Waals surface area contributed by atoms with Crippen molar-refractivity contribution in [2.24, 2.45) is 0 Å². The van der Waals surface area contributed by atoms with Crippen LogP contribution in [0, 0.1) is 0 Å². The number of hydrogen-bond acceptors (Lipinski definition) is 5. The zero-order chi connectivity index (χ0) is 26.2. The quantitative estimate of drug-likeness (QED) is 0.0794. The number of hydrogen-bond donors (Lipinski definition) is 1. The molecule has 0 aliphatic carbocycles. The van der Waals surface area contributed by atoms with Gasteiger partial charge < -0.3 is 14.0 Å². The SMILES string of the molecule is [3H]P=S(I)Oc1ccc(C(=O)C(Sc2cc(OCc3ccccc3)cc(Cl)c2O)c2ccccc2)cc1. The van der Waals surface area contributed by atoms with Crippen molar-refractivity contribution in [1.82, 2.24) is 0 Å². The number of aromatic hydroxyl groups is 1. The third-order valence-corrected chi connectivity index (χ3v) is 7.81. The predicted molar refractivity (Wildman–Crippen MR) is 160 cm³/mol. The van der Waals surface area contributed by atoms with Gasteiger partial charge in [-0.3, -0.25) is 4.79 Å². The molecule has 4 aromatic rings. The standard InChI is InChI=1S/C27H21ClIO4PS2/c28-23-15-22(32-17-18-7-3-1-4-8-18)16-24(26(23)31)35-27(20-9-5-2-6-10-20)25(30)19-11-13-21(14-12-19)33-36(29)34/h1-16,27,31,34H,17H2/i34T. The van der Waals surface area contributed by atoms with Crippen molar-refractivity contribution < 1.29 is 18.8 Å². The summed E-state index contributed by atoms with van der Waals surface area (Å²) in [6.45, 7) is 0.347. The Morgan fingerprint density at radius 1 is 1.03 bits per heavy atom. The van der Waals surface area contributed by atoms with Gasteiger partial charge in [-0.05, 0) is 49.4 Å². The van der Waals surface area contributed by atoms with Gasteiger partial charge in [-0.1, -0.05) is 72.3 Å². The summed E-state index contributed by atoms with van der Waals surface area (Å²) in [5.74, 6) is 0.879. The Balaban J connectivity index is 1.61. The third-order valence-electron chi connectivity index (χ3n) is 5.14. The lowest BCUT2D eigenvalue weighted by molar-refractivity contribution is 0.0989. The van der Waals surface area contributed by atoms with E-state index in [9.17, 15) is 9.90 Å². The molecule has 0 saturated carbocycles. The lowest BCUT2D eigenvalue weighted by Gasteiger charge is -2.18. The van der Waals surface area contributed by atoms with Gasteiger partial charge in [0.05, 0.1) is 22.7 Å². The minimum absolute atomic E-state index is 0.0974. The second-order valence-electron chi connectivity index (χ2n) is 7.61. The molecule has 2 atom stereocenters. The summed E-state index contributed by atoms with van der Waals surface area (Å²) in [6, 6.07) is 29.3. The van der Waals surface area contributed by atoms with Crippen molar-refractivity contribution in [3.05, 3.63) is 119 Å². The van der Waals surface area contributed by atoms with Crippen LogP contribution in [-0.4, -0.2) is 12.2 Å². The normalized spacial score (nSPS) is 13.0. The van der Waals surface area contributed by atoms with Crippen LogP contribution in [0.5, 0.6) is 17.2 Å². The Labute approximate surface area is 237 Å². The molecule has 0 radical (unpaired) electrons. The predicted octanol–water partition coefficient (Wildman–Crippen LogP) is 8.66. The fourth-order valence-corrected chi connectivity index (χ4v) is 6.01.